The number of piperidine rings is 1. The lowest BCUT2D eigenvalue weighted by atomic mass is 9.88. The van der Waals surface area contributed by atoms with Crippen LogP contribution in [0.25, 0.3) is 0 Å². The van der Waals surface area contributed by atoms with E-state index in [0.29, 0.717) is 13.0 Å². The van der Waals surface area contributed by atoms with E-state index in [1.807, 2.05) is 0 Å². The normalized spacial score (nSPS) is 26.0. The number of rotatable bonds is 2. The molecule has 0 radical (unpaired) electrons. The van der Waals surface area contributed by atoms with Crippen LogP contribution in [0, 0.1) is 5.92 Å². The highest BCUT2D eigenvalue weighted by Gasteiger charge is 2.35. The third kappa shape index (κ3) is 1.86. The van der Waals surface area contributed by atoms with Crippen molar-refractivity contribution in [2.75, 3.05) is 6.54 Å². The van der Waals surface area contributed by atoms with Gasteiger partial charge in [0, 0.05) is 12.5 Å². The van der Waals surface area contributed by atoms with E-state index in [9.17, 15) is 9.59 Å². The van der Waals surface area contributed by atoms with Gasteiger partial charge in [0.25, 0.3) is 0 Å². The molecule has 0 aliphatic carbocycles. The van der Waals surface area contributed by atoms with E-state index in [0.717, 1.165) is 5.76 Å². The van der Waals surface area contributed by atoms with Crippen LogP contribution in [0.2, 0.25) is 0 Å². The van der Waals surface area contributed by atoms with Crippen LogP contribution >= 0.6 is 0 Å². The third-order valence-electron chi connectivity index (χ3n) is 2.60. The fourth-order valence-corrected chi connectivity index (χ4v) is 1.78. The van der Waals surface area contributed by atoms with Crippen molar-refractivity contribution in [1.29, 1.82) is 0 Å². The lowest BCUT2D eigenvalue weighted by molar-refractivity contribution is -0.148. The van der Waals surface area contributed by atoms with Crippen LogP contribution in [0.4, 0.5) is 0 Å². The summed E-state index contributed by atoms with van der Waals surface area (Å²) in [6.07, 6.45) is 1.84. The van der Waals surface area contributed by atoms with Gasteiger partial charge in [-0.1, -0.05) is 0 Å². The highest BCUT2D eigenvalue weighted by Crippen LogP contribution is 2.27. The molecule has 1 aromatic heterocycles. The predicted octanol–water partition coefficient (Wildman–Crippen LogP) is 0.584. The molecule has 5 heteroatoms. The molecule has 1 fully saturated rings. The summed E-state index contributed by atoms with van der Waals surface area (Å²) in [4.78, 5) is 22.0. The second-order valence-electron chi connectivity index (χ2n) is 3.58. The average molecular weight is 209 g/mol. The van der Waals surface area contributed by atoms with Gasteiger partial charge in [-0.05, 0) is 18.6 Å². The number of carboxylic acid groups (broad SMARTS) is 1. The number of hydrogen-bond acceptors (Lipinski definition) is 3. The van der Waals surface area contributed by atoms with Crippen molar-refractivity contribution >= 4 is 11.9 Å². The topological polar surface area (TPSA) is 79.5 Å². The van der Waals surface area contributed by atoms with Gasteiger partial charge < -0.3 is 14.8 Å². The molecule has 0 unspecified atom stereocenters. The third-order valence-corrected chi connectivity index (χ3v) is 2.60. The van der Waals surface area contributed by atoms with Crippen LogP contribution in [0.1, 0.15) is 18.1 Å². The first-order valence-electron chi connectivity index (χ1n) is 4.72. The van der Waals surface area contributed by atoms with Crippen LogP contribution in [0.3, 0.4) is 0 Å². The molecule has 0 bridgehead atoms. The molecule has 1 aliphatic heterocycles. The number of furan rings is 1. The lowest BCUT2D eigenvalue weighted by Crippen LogP contribution is -2.43. The van der Waals surface area contributed by atoms with Crippen LogP contribution in [-0.2, 0) is 9.59 Å². The van der Waals surface area contributed by atoms with Gasteiger partial charge in [-0.2, -0.15) is 0 Å². The van der Waals surface area contributed by atoms with Gasteiger partial charge in [0.2, 0.25) is 5.91 Å². The largest absolute Gasteiger partial charge is 0.481 e. The smallest absolute Gasteiger partial charge is 0.316 e. The van der Waals surface area contributed by atoms with Crippen LogP contribution in [0.15, 0.2) is 22.8 Å². The van der Waals surface area contributed by atoms with Gasteiger partial charge in [-0.3, -0.25) is 9.59 Å². The Labute approximate surface area is 86.1 Å². The van der Waals surface area contributed by atoms with E-state index in [4.69, 9.17) is 9.52 Å². The maximum Gasteiger partial charge on any atom is 0.316 e. The summed E-state index contributed by atoms with van der Waals surface area (Å²) >= 11 is 0. The lowest BCUT2D eigenvalue weighted by Gasteiger charge is -2.25. The highest BCUT2D eigenvalue weighted by atomic mass is 16.4. The van der Waals surface area contributed by atoms with Crippen molar-refractivity contribution in [3.63, 3.8) is 0 Å². The second kappa shape index (κ2) is 3.76. The molecular weight excluding hydrogens is 198 g/mol. The first-order chi connectivity index (χ1) is 7.18. The molecular formula is C10H11NO4. The molecule has 0 saturated carbocycles. The zero-order valence-corrected chi connectivity index (χ0v) is 7.97. The minimum atomic E-state index is -1.08. The van der Waals surface area contributed by atoms with Crippen molar-refractivity contribution in [3.8, 4) is 0 Å². The Morgan fingerprint density at radius 2 is 2.40 bits per heavy atom. The number of nitrogens with one attached hydrogen (secondary N) is 1. The second-order valence-corrected chi connectivity index (χ2v) is 3.58. The number of amides is 1. The summed E-state index contributed by atoms with van der Waals surface area (Å²) in [5.41, 5.74) is 0. The average Bonchev–Trinajstić information content (AvgIpc) is 2.71. The molecule has 2 rings (SSSR count). The SMILES string of the molecule is O=C(O)[C@@H]1C[C@H](c2ccco2)CNC1=O. The Morgan fingerprint density at radius 1 is 1.60 bits per heavy atom. The number of hydrogen-bond donors (Lipinski definition) is 2. The quantitative estimate of drug-likeness (QED) is 0.698. The van der Waals surface area contributed by atoms with Gasteiger partial charge >= 0.3 is 5.97 Å². The molecule has 15 heavy (non-hydrogen) atoms. The fraction of sp³-hybridized carbons (Fsp3) is 0.400. The standard InChI is InChI=1S/C10H11NO4/c12-9-7(10(13)14)4-6(5-11-9)8-2-1-3-15-8/h1-3,6-7H,4-5H2,(H,11,12)(H,13,14)/t6-,7+/m0/s1. The summed E-state index contributed by atoms with van der Waals surface area (Å²) in [5.74, 6) is -1.78. The van der Waals surface area contributed by atoms with Gasteiger partial charge in [0.1, 0.15) is 11.7 Å². The number of carbonyl (C=O) groups is 2. The number of carboxylic acids is 1. The maximum atomic E-state index is 11.2. The van der Waals surface area contributed by atoms with Crippen molar-refractivity contribution in [2.24, 2.45) is 5.92 Å². The van der Waals surface area contributed by atoms with Crippen molar-refractivity contribution in [3.05, 3.63) is 24.2 Å². The molecule has 2 N–H and O–H groups in total. The summed E-state index contributed by atoms with van der Waals surface area (Å²) < 4.78 is 5.19. The van der Waals surface area contributed by atoms with Gasteiger partial charge in [0.15, 0.2) is 0 Å². The van der Waals surface area contributed by atoms with Gasteiger partial charge in [0.05, 0.1) is 6.26 Å². The Morgan fingerprint density at radius 3 is 3.00 bits per heavy atom. The van der Waals surface area contributed by atoms with E-state index in [1.54, 1.807) is 18.4 Å². The van der Waals surface area contributed by atoms with E-state index < -0.39 is 17.8 Å². The Balaban J connectivity index is 2.12. The van der Waals surface area contributed by atoms with Crippen molar-refractivity contribution < 1.29 is 19.1 Å². The van der Waals surface area contributed by atoms with Gasteiger partial charge in [-0.25, -0.2) is 0 Å². The zero-order chi connectivity index (χ0) is 10.8. The van der Waals surface area contributed by atoms with Crippen molar-refractivity contribution in [2.45, 2.75) is 12.3 Å². The molecule has 0 aromatic carbocycles. The first kappa shape index (κ1) is 9.76. The predicted molar refractivity (Wildman–Crippen MR) is 50.2 cm³/mol. The van der Waals surface area contributed by atoms with E-state index >= 15 is 0 Å². The fourth-order valence-electron chi connectivity index (χ4n) is 1.78. The Kier molecular flexibility index (Phi) is 2.45. The summed E-state index contributed by atoms with van der Waals surface area (Å²) in [6, 6.07) is 3.54. The summed E-state index contributed by atoms with van der Waals surface area (Å²) in [7, 11) is 0. The van der Waals surface area contributed by atoms with Crippen LogP contribution in [-0.4, -0.2) is 23.5 Å². The first-order valence-corrected chi connectivity index (χ1v) is 4.72. The molecule has 2 heterocycles. The molecule has 80 valence electrons. The molecule has 1 aromatic rings. The van der Waals surface area contributed by atoms with Gasteiger partial charge in [-0.15, -0.1) is 0 Å². The Hall–Kier alpha value is -1.78. The molecule has 1 amide bonds. The highest BCUT2D eigenvalue weighted by molar-refractivity contribution is 5.97. The van der Waals surface area contributed by atoms with E-state index in [-0.39, 0.29) is 5.92 Å². The molecule has 1 saturated heterocycles. The Bertz CT molecular complexity index is 371. The maximum absolute atomic E-state index is 11.2. The number of carbonyl (C=O) groups excluding carboxylic acids is 1. The molecule has 1 aliphatic rings. The molecule has 0 spiro atoms. The minimum Gasteiger partial charge on any atom is -0.481 e. The summed E-state index contributed by atoms with van der Waals surface area (Å²) in [6.45, 7) is 0.441. The molecule has 2 atom stereocenters. The number of aliphatic carboxylic acids is 1. The van der Waals surface area contributed by atoms with E-state index in [1.165, 1.54) is 0 Å². The molecule has 5 nitrogen and oxygen atoms in total. The zero-order valence-electron chi connectivity index (χ0n) is 7.97. The van der Waals surface area contributed by atoms with Crippen LogP contribution in [0.5, 0.6) is 0 Å². The van der Waals surface area contributed by atoms with E-state index in [2.05, 4.69) is 5.32 Å². The summed E-state index contributed by atoms with van der Waals surface area (Å²) in [5, 5.41) is 11.4. The van der Waals surface area contributed by atoms with Crippen molar-refractivity contribution in [1.82, 2.24) is 5.32 Å². The minimum absolute atomic E-state index is 0.0428. The van der Waals surface area contributed by atoms with Crippen LogP contribution < -0.4 is 5.32 Å². The monoisotopic (exact) mass is 209 g/mol.